The number of hydrogen-bond acceptors (Lipinski definition) is 4. The average Bonchev–Trinajstić information content (AvgIpc) is 2.64. The van der Waals surface area contributed by atoms with Gasteiger partial charge in [-0.05, 0) is 49.9 Å². The fourth-order valence-corrected chi connectivity index (χ4v) is 3.08. The van der Waals surface area contributed by atoms with E-state index < -0.39 is 11.6 Å². The molecule has 2 heterocycles. The molecule has 1 atom stereocenters. The second kappa shape index (κ2) is 7.55. The molecule has 1 aromatic carbocycles. The van der Waals surface area contributed by atoms with Crippen LogP contribution in [0.5, 0.6) is 0 Å². The maximum Gasteiger partial charge on any atom is 0.274 e. The molecule has 5 nitrogen and oxygen atoms in total. The number of anilines is 2. The van der Waals surface area contributed by atoms with E-state index in [0.717, 1.165) is 44.4 Å². The first-order valence-electron chi connectivity index (χ1n) is 8.45. The lowest BCUT2D eigenvalue weighted by Crippen LogP contribution is -2.43. The van der Waals surface area contributed by atoms with Gasteiger partial charge in [0.2, 0.25) is 0 Å². The van der Waals surface area contributed by atoms with E-state index in [2.05, 4.69) is 22.4 Å². The molecule has 1 fully saturated rings. The van der Waals surface area contributed by atoms with Gasteiger partial charge in [0, 0.05) is 18.7 Å². The van der Waals surface area contributed by atoms with Crippen LogP contribution >= 0.6 is 0 Å². The molecule has 3 rings (SSSR count). The molecule has 0 saturated carbocycles. The number of amides is 1. The van der Waals surface area contributed by atoms with Crippen LogP contribution in [0.15, 0.2) is 30.3 Å². The molecule has 1 aliphatic rings. The maximum atomic E-state index is 13.7. The molecular weight excluding hydrogens is 326 g/mol. The van der Waals surface area contributed by atoms with Crippen LogP contribution in [0.1, 0.15) is 43.1 Å². The molecule has 7 heteroatoms. The largest absolute Gasteiger partial charge is 0.336 e. The highest BCUT2D eigenvalue weighted by Gasteiger charge is 2.27. The number of halogens is 2. The first-order chi connectivity index (χ1) is 12.1. The Balaban J connectivity index is 1.72. The van der Waals surface area contributed by atoms with Gasteiger partial charge in [-0.15, -0.1) is 10.2 Å². The van der Waals surface area contributed by atoms with E-state index in [1.165, 1.54) is 6.07 Å². The summed E-state index contributed by atoms with van der Waals surface area (Å²) in [5, 5.41) is 10.6. The smallest absolute Gasteiger partial charge is 0.274 e. The lowest BCUT2D eigenvalue weighted by atomic mass is 9.99. The van der Waals surface area contributed by atoms with Gasteiger partial charge in [-0.1, -0.05) is 6.92 Å². The van der Waals surface area contributed by atoms with Gasteiger partial charge in [-0.2, -0.15) is 0 Å². The van der Waals surface area contributed by atoms with Gasteiger partial charge in [-0.3, -0.25) is 4.79 Å². The Labute approximate surface area is 145 Å². The zero-order valence-electron chi connectivity index (χ0n) is 14.0. The Hall–Kier alpha value is -2.57. The fraction of sp³-hybridized carbons (Fsp3) is 0.389. The summed E-state index contributed by atoms with van der Waals surface area (Å²) in [4.78, 5) is 14.5. The van der Waals surface area contributed by atoms with Crippen LogP contribution in [-0.2, 0) is 0 Å². The Morgan fingerprint density at radius 3 is 2.76 bits per heavy atom. The van der Waals surface area contributed by atoms with Crippen molar-refractivity contribution in [3.63, 3.8) is 0 Å². The molecule has 1 N–H and O–H groups in total. The molecule has 0 bridgehead atoms. The van der Waals surface area contributed by atoms with Gasteiger partial charge in [0.15, 0.2) is 11.5 Å². The number of benzene rings is 1. The van der Waals surface area contributed by atoms with Crippen molar-refractivity contribution in [3.05, 3.63) is 47.7 Å². The Morgan fingerprint density at radius 1 is 1.24 bits per heavy atom. The normalized spacial score (nSPS) is 17.4. The third-order valence-electron chi connectivity index (χ3n) is 4.44. The third-order valence-corrected chi connectivity index (χ3v) is 4.44. The maximum absolute atomic E-state index is 13.7. The molecule has 1 unspecified atom stereocenters. The van der Waals surface area contributed by atoms with Crippen molar-refractivity contribution in [1.82, 2.24) is 15.1 Å². The van der Waals surface area contributed by atoms with Gasteiger partial charge in [-0.25, -0.2) is 8.78 Å². The molecule has 0 radical (unpaired) electrons. The van der Waals surface area contributed by atoms with Gasteiger partial charge in [0.05, 0.1) is 5.69 Å². The number of hydrogen-bond donors (Lipinski definition) is 1. The number of nitrogens with zero attached hydrogens (tertiary/aromatic N) is 3. The Kier molecular flexibility index (Phi) is 5.21. The van der Waals surface area contributed by atoms with Gasteiger partial charge in [0.25, 0.3) is 5.91 Å². The van der Waals surface area contributed by atoms with E-state index in [1.807, 2.05) is 4.90 Å². The lowest BCUT2D eigenvalue weighted by Gasteiger charge is -2.34. The van der Waals surface area contributed by atoms with Crippen molar-refractivity contribution in [1.29, 1.82) is 0 Å². The summed E-state index contributed by atoms with van der Waals surface area (Å²) in [5.74, 6) is -1.21. The highest BCUT2D eigenvalue weighted by molar-refractivity contribution is 5.92. The van der Waals surface area contributed by atoms with E-state index in [-0.39, 0.29) is 29.1 Å². The molecule has 2 aromatic rings. The lowest BCUT2D eigenvalue weighted by molar-refractivity contribution is 0.0601. The number of carbonyl (C=O) groups is 1. The minimum Gasteiger partial charge on any atom is -0.336 e. The number of rotatable bonds is 4. The zero-order chi connectivity index (χ0) is 17.8. The first-order valence-corrected chi connectivity index (χ1v) is 8.45. The molecule has 0 aliphatic carbocycles. The zero-order valence-corrected chi connectivity index (χ0v) is 14.0. The molecule has 1 amide bonds. The quantitative estimate of drug-likeness (QED) is 0.912. The predicted molar refractivity (Wildman–Crippen MR) is 90.6 cm³/mol. The summed E-state index contributed by atoms with van der Waals surface area (Å²) < 4.78 is 26.6. The Morgan fingerprint density at radius 2 is 2.08 bits per heavy atom. The monoisotopic (exact) mass is 346 g/mol. The van der Waals surface area contributed by atoms with Gasteiger partial charge < -0.3 is 10.2 Å². The second-order valence-corrected chi connectivity index (χ2v) is 6.11. The summed E-state index contributed by atoms with van der Waals surface area (Å²) in [6.07, 6.45) is 4.07. The third kappa shape index (κ3) is 3.92. The van der Waals surface area contributed by atoms with Gasteiger partial charge >= 0.3 is 0 Å². The SMILES string of the molecule is CCC1CCCCN1C(=O)c1ccc(Nc2ccc(F)cc2F)nn1. The molecule has 132 valence electrons. The molecule has 0 spiro atoms. The summed E-state index contributed by atoms with van der Waals surface area (Å²) in [5.41, 5.74) is 0.363. The molecular formula is C18H20F2N4O. The van der Waals surface area contributed by atoms with Crippen LogP contribution in [0, 0.1) is 11.6 Å². The topological polar surface area (TPSA) is 58.1 Å². The van der Waals surface area contributed by atoms with E-state index >= 15 is 0 Å². The average molecular weight is 346 g/mol. The number of carbonyl (C=O) groups excluding carboxylic acids is 1. The van der Waals surface area contributed by atoms with Crippen LogP contribution in [0.25, 0.3) is 0 Å². The number of piperidine rings is 1. The van der Waals surface area contributed by atoms with Crippen LogP contribution in [0.3, 0.4) is 0 Å². The summed E-state index contributed by atoms with van der Waals surface area (Å²) in [7, 11) is 0. The van der Waals surface area contributed by atoms with E-state index in [0.29, 0.717) is 0 Å². The van der Waals surface area contributed by atoms with Crippen molar-refractivity contribution in [2.24, 2.45) is 0 Å². The van der Waals surface area contributed by atoms with Crippen molar-refractivity contribution >= 4 is 17.4 Å². The highest BCUT2D eigenvalue weighted by atomic mass is 19.1. The van der Waals surface area contributed by atoms with Crippen molar-refractivity contribution < 1.29 is 13.6 Å². The van der Waals surface area contributed by atoms with Crippen molar-refractivity contribution in [3.8, 4) is 0 Å². The minimum absolute atomic E-state index is 0.0943. The van der Waals surface area contributed by atoms with Crippen LogP contribution < -0.4 is 5.32 Å². The fourth-order valence-electron chi connectivity index (χ4n) is 3.08. The Bertz CT molecular complexity index is 751. The standard InChI is InChI=1S/C18H20F2N4O/c1-2-13-5-3-4-10-24(13)18(25)16-8-9-17(23-22-16)21-15-7-6-12(19)11-14(15)20/h6-9,11,13H,2-5,10H2,1H3,(H,21,23). The van der Waals surface area contributed by atoms with Crippen molar-refractivity contribution in [2.75, 3.05) is 11.9 Å². The highest BCUT2D eigenvalue weighted by Crippen LogP contribution is 2.22. The molecule has 25 heavy (non-hydrogen) atoms. The molecule has 1 aromatic heterocycles. The first kappa shape index (κ1) is 17.3. The predicted octanol–water partition coefficient (Wildman–Crippen LogP) is 3.90. The summed E-state index contributed by atoms with van der Waals surface area (Å²) in [6, 6.07) is 6.60. The van der Waals surface area contributed by atoms with E-state index in [9.17, 15) is 13.6 Å². The van der Waals surface area contributed by atoms with Crippen molar-refractivity contribution in [2.45, 2.75) is 38.6 Å². The van der Waals surface area contributed by atoms with E-state index in [1.54, 1.807) is 12.1 Å². The molecule has 1 aliphatic heterocycles. The van der Waals surface area contributed by atoms with Gasteiger partial charge in [0.1, 0.15) is 11.6 Å². The second-order valence-electron chi connectivity index (χ2n) is 6.11. The number of aromatic nitrogens is 2. The number of nitrogens with one attached hydrogen (secondary N) is 1. The summed E-state index contributed by atoms with van der Waals surface area (Å²) >= 11 is 0. The molecule has 1 saturated heterocycles. The minimum atomic E-state index is -0.721. The van der Waals surface area contributed by atoms with E-state index in [4.69, 9.17) is 0 Å². The van der Waals surface area contributed by atoms with Crippen LogP contribution in [0.2, 0.25) is 0 Å². The van der Waals surface area contributed by atoms with Crippen LogP contribution in [0.4, 0.5) is 20.3 Å². The van der Waals surface area contributed by atoms with Crippen LogP contribution in [-0.4, -0.2) is 33.6 Å². The number of likely N-dealkylation sites (tertiary alicyclic amines) is 1. The summed E-state index contributed by atoms with van der Waals surface area (Å²) in [6.45, 7) is 2.81.